The summed E-state index contributed by atoms with van der Waals surface area (Å²) >= 11 is 6.32. The van der Waals surface area contributed by atoms with E-state index in [2.05, 4.69) is 0 Å². The van der Waals surface area contributed by atoms with Crippen molar-refractivity contribution < 1.29 is 18.7 Å². The number of anilines is 1. The Balaban J connectivity index is 1.97. The van der Waals surface area contributed by atoms with Crippen molar-refractivity contribution in [3.05, 3.63) is 70.0 Å². The van der Waals surface area contributed by atoms with E-state index in [-0.39, 0.29) is 22.4 Å². The molecule has 0 amide bonds. The van der Waals surface area contributed by atoms with Crippen molar-refractivity contribution in [1.82, 2.24) is 4.57 Å². The molecule has 156 valence electrons. The molecule has 0 saturated carbocycles. The number of alkyl halides is 1. The second-order valence-corrected chi connectivity index (χ2v) is 7.82. The SMILES string of the molecule is NC[C@H]1CN(c2cc3c(cc2F)c(=O)c(C(=O)O)cn3-c2ccc(F)cc2)C[C@H]1Cl. The fourth-order valence-electron chi connectivity index (χ4n) is 3.79. The van der Waals surface area contributed by atoms with Gasteiger partial charge in [-0.05, 0) is 42.9 Å². The van der Waals surface area contributed by atoms with Gasteiger partial charge in [0.05, 0.1) is 16.6 Å². The van der Waals surface area contributed by atoms with Gasteiger partial charge in [-0.25, -0.2) is 13.6 Å². The number of carboxylic acids is 1. The minimum absolute atomic E-state index is 0.00422. The molecule has 0 aliphatic carbocycles. The molecule has 30 heavy (non-hydrogen) atoms. The molecule has 3 aromatic rings. The summed E-state index contributed by atoms with van der Waals surface area (Å²) in [6.45, 7) is 1.21. The van der Waals surface area contributed by atoms with Gasteiger partial charge in [-0.2, -0.15) is 0 Å². The quantitative estimate of drug-likeness (QED) is 0.617. The number of hydrogen-bond acceptors (Lipinski definition) is 4. The second kappa shape index (κ2) is 7.70. The number of carboxylic acid groups (broad SMARTS) is 1. The number of aromatic nitrogens is 1. The number of pyridine rings is 1. The number of benzene rings is 2. The minimum Gasteiger partial charge on any atom is -0.477 e. The highest BCUT2D eigenvalue weighted by molar-refractivity contribution is 6.21. The zero-order valence-corrected chi connectivity index (χ0v) is 16.4. The molecule has 0 spiro atoms. The van der Waals surface area contributed by atoms with Crippen LogP contribution in [0.15, 0.2) is 47.4 Å². The van der Waals surface area contributed by atoms with Gasteiger partial charge in [0.25, 0.3) is 0 Å². The third-order valence-electron chi connectivity index (χ3n) is 5.41. The van der Waals surface area contributed by atoms with Gasteiger partial charge in [-0.1, -0.05) is 0 Å². The van der Waals surface area contributed by atoms with Crippen LogP contribution in [0.2, 0.25) is 0 Å². The summed E-state index contributed by atoms with van der Waals surface area (Å²) in [4.78, 5) is 26.0. The van der Waals surface area contributed by atoms with Gasteiger partial charge in [0.2, 0.25) is 5.43 Å². The number of hydrogen-bond donors (Lipinski definition) is 2. The van der Waals surface area contributed by atoms with Crippen LogP contribution in [-0.4, -0.2) is 40.7 Å². The average Bonchev–Trinajstić information content (AvgIpc) is 3.09. The molecule has 1 aromatic heterocycles. The Kier molecular flexibility index (Phi) is 5.21. The van der Waals surface area contributed by atoms with Crippen molar-refractivity contribution in [3.8, 4) is 5.69 Å². The Hall–Kier alpha value is -2.97. The molecule has 0 unspecified atom stereocenters. The van der Waals surface area contributed by atoms with Crippen LogP contribution in [0.4, 0.5) is 14.5 Å². The van der Waals surface area contributed by atoms with Crippen molar-refractivity contribution in [2.24, 2.45) is 11.7 Å². The smallest absolute Gasteiger partial charge is 0.341 e. The molecular formula is C21H18ClF2N3O3. The van der Waals surface area contributed by atoms with Crippen molar-refractivity contribution >= 4 is 34.2 Å². The van der Waals surface area contributed by atoms with E-state index < -0.39 is 28.6 Å². The van der Waals surface area contributed by atoms with Crippen molar-refractivity contribution in [1.29, 1.82) is 0 Å². The van der Waals surface area contributed by atoms with E-state index in [9.17, 15) is 23.5 Å². The van der Waals surface area contributed by atoms with Crippen LogP contribution in [0.5, 0.6) is 0 Å². The van der Waals surface area contributed by atoms with Gasteiger partial charge in [0.15, 0.2) is 0 Å². The van der Waals surface area contributed by atoms with Crippen LogP contribution in [-0.2, 0) is 0 Å². The van der Waals surface area contributed by atoms with Gasteiger partial charge in [-0.15, -0.1) is 11.6 Å². The van der Waals surface area contributed by atoms with Crippen LogP contribution in [0.3, 0.4) is 0 Å². The maximum Gasteiger partial charge on any atom is 0.341 e. The lowest BCUT2D eigenvalue weighted by molar-refractivity contribution is 0.0695. The lowest BCUT2D eigenvalue weighted by atomic mass is 10.1. The third-order valence-corrected chi connectivity index (χ3v) is 5.91. The molecule has 9 heteroatoms. The fraction of sp³-hybridized carbons (Fsp3) is 0.238. The predicted molar refractivity (Wildman–Crippen MR) is 111 cm³/mol. The molecular weight excluding hydrogens is 416 g/mol. The van der Waals surface area contributed by atoms with Gasteiger partial charge in [0, 0.05) is 36.3 Å². The fourth-order valence-corrected chi connectivity index (χ4v) is 4.14. The number of rotatable bonds is 4. The molecule has 6 nitrogen and oxygen atoms in total. The highest BCUT2D eigenvalue weighted by Gasteiger charge is 2.32. The van der Waals surface area contributed by atoms with Crippen LogP contribution in [0.1, 0.15) is 10.4 Å². The van der Waals surface area contributed by atoms with Crippen molar-refractivity contribution in [2.45, 2.75) is 5.38 Å². The molecule has 1 fully saturated rings. The van der Waals surface area contributed by atoms with Gasteiger partial charge < -0.3 is 20.3 Å². The van der Waals surface area contributed by atoms with E-state index in [1.54, 1.807) is 4.90 Å². The molecule has 2 atom stereocenters. The van der Waals surface area contributed by atoms with Gasteiger partial charge >= 0.3 is 5.97 Å². The second-order valence-electron chi connectivity index (χ2n) is 7.26. The first-order chi connectivity index (χ1) is 14.3. The van der Waals surface area contributed by atoms with Crippen LogP contribution >= 0.6 is 11.6 Å². The molecule has 4 rings (SSSR count). The molecule has 2 heterocycles. The minimum atomic E-state index is -1.43. The number of fused-ring (bicyclic) bond motifs is 1. The van der Waals surface area contributed by atoms with Crippen molar-refractivity contribution in [3.63, 3.8) is 0 Å². The van der Waals surface area contributed by atoms with Gasteiger partial charge in [0.1, 0.15) is 17.2 Å². The summed E-state index contributed by atoms with van der Waals surface area (Å²) in [5.74, 6) is -2.56. The molecule has 1 aliphatic rings. The molecule has 3 N–H and O–H groups in total. The largest absolute Gasteiger partial charge is 0.477 e. The molecule has 0 bridgehead atoms. The highest BCUT2D eigenvalue weighted by atomic mass is 35.5. The third kappa shape index (κ3) is 3.42. The zero-order chi connectivity index (χ0) is 21.6. The Bertz CT molecular complexity index is 1200. The zero-order valence-electron chi connectivity index (χ0n) is 15.7. The van der Waals surface area contributed by atoms with E-state index in [0.717, 1.165) is 6.07 Å². The number of halogens is 3. The summed E-state index contributed by atoms with van der Waals surface area (Å²) in [5, 5.41) is 9.10. The van der Waals surface area contributed by atoms with E-state index in [4.69, 9.17) is 17.3 Å². The number of nitrogens with zero attached hydrogens (tertiary/aromatic N) is 2. The van der Waals surface area contributed by atoms with Crippen molar-refractivity contribution in [2.75, 3.05) is 24.5 Å². The normalized spacial score (nSPS) is 18.9. The topological polar surface area (TPSA) is 88.6 Å². The predicted octanol–water partition coefficient (Wildman–Crippen LogP) is 2.97. The highest BCUT2D eigenvalue weighted by Crippen LogP contribution is 2.32. The summed E-state index contributed by atoms with van der Waals surface area (Å²) in [6.07, 6.45) is 1.17. The maximum atomic E-state index is 15.0. The summed E-state index contributed by atoms with van der Waals surface area (Å²) < 4.78 is 29.8. The average molecular weight is 434 g/mol. The number of nitrogens with two attached hydrogens (primary N) is 1. The maximum absolute atomic E-state index is 15.0. The standard InChI is InChI=1S/C21H18ClF2N3O3/c22-16-10-26(8-11(16)7-25)19-6-18-14(5-17(19)24)20(28)15(21(29)30)9-27(18)13-3-1-12(23)2-4-13/h1-6,9,11,16H,7-8,10,25H2,(H,29,30)/t11-,16+/m0/s1. The monoisotopic (exact) mass is 433 g/mol. The molecule has 1 aliphatic heterocycles. The van der Waals surface area contributed by atoms with Crippen LogP contribution < -0.4 is 16.1 Å². The molecule has 0 radical (unpaired) electrons. The summed E-state index contributed by atoms with van der Waals surface area (Å²) in [7, 11) is 0. The van der Waals surface area contributed by atoms with Gasteiger partial charge in [-0.3, -0.25) is 4.79 Å². The first-order valence-corrected chi connectivity index (χ1v) is 9.71. The first-order valence-electron chi connectivity index (χ1n) is 9.27. The Labute approximate surface area is 175 Å². The summed E-state index contributed by atoms with van der Waals surface area (Å²) in [5.41, 5.74) is 5.40. The molecule has 2 aromatic carbocycles. The lowest BCUT2D eigenvalue weighted by Crippen LogP contribution is -2.24. The lowest BCUT2D eigenvalue weighted by Gasteiger charge is -2.21. The first kappa shape index (κ1) is 20.3. The van der Waals surface area contributed by atoms with E-state index in [1.807, 2.05) is 0 Å². The number of carbonyl (C=O) groups is 1. The summed E-state index contributed by atoms with van der Waals surface area (Å²) in [6, 6.07) is 7.86. The Morgan fingerprint density at radius 2 is 1.90 bits per heavy atom. The number of aromatic carboxylic acids is 1. The Morgan fingerprint density at radius 3 is 2.50 bits per heavy atom. The Morgan fingerprint density at radius 1 is 1.20 bits per heavy atom. The van der Waals surface area contributed by atoms with Crippen LogP contribution in [0.25, 0.3) is 16.6 Å². The molecule has 1 saturated heterocycles. The van der Waals surface area contributed by atoms with E-state index in [1.165, 1.54) is 41.1 Å². The van der Waals surface area contributed by atoms with Crippen LogP contribution in [0, 0.1) is 17.6 Å². The van der Waals surface area contributed by atoms with E-state index >= 15 is 0 Å². The van der Waals surface area contributed by atoms with E-state index in [0.29, 0.717) is 30.8 Å².